The molecule has 3 nitrogen and oxygen atoms in total. The Morgan fingerprint density at radius 1 is 1.21 bits per heavy atom. The quantitative estimate of drug-likeness (QED) is 0.875. The average Bonchev–Trinajstić information content (AvgIpc) is 2.33. The van der Waals surface area contributed by atoms with E-state index in [9.17, 15) is 13.2 Å². The van der Waals surface area contributed by atoms with Crippen LogP contribution in [-0.4, -0.2) is 4.98 Å². The van der Waals surface area contributed by atoms with Crippen molar-refractivity contribution in [2.75, 3.05) is 11.1 Å². The SMILES string of the molecule is Nc1cccnc1Nc1ccc(Cl)c(C(F)(F)F)c1. The molecule has 0 bridgehead atoms. The molecule has 1 aromatic carbocycles. The number of nitrogens with zero attached hydrogens (tertiary/aromatic N) is 1. The number of aromatic nitrogens is 1. The molecule has 0 saturated carbocycles. The van der Waals surface area contributed by atoms with E-state index in [0.29, 0.717) is 5.69 Å². The highest BCUT2D eigenvalue weighted by atomic mass is 35.5. The van der Waals surface area contributed by atoms with Gasteiger partial charge < -0.3 is 11.1 Å². The van der Waals surface area contributed by atoms with Crippen LogP contribution in [-0.2, 0) is 6.18 Å². The predicted octanol–water partition coefficient (Wildman–Crippen LogP) is 4.08. The summed E-state index contributed by atoms with van der Waals surface area (Å²) in [7, 11) is 0. The Hall–Kier alpha value is -1.95. The molecule has 0 fully saturated rings. The number of pyridine rings is 1. The molecular formula is C12H9ClF3N3. The van der Waals surface area contributed by atoms with Gasteiger partial charge >= 0.3 is 6.18 Å². The minimum absolute atomic E-state index is 0.210. The number of nitrogens with one attached hydrogen (secondary N) is 1. The van der Waals surface area contributed by atoms with E-state index in [0.717, 1.165) is 6.07 Å². The van der Waals surface area contributed by atoms with E-state index < -0.39 is 11.7 Å². The highest BCUT2D eigenvalue weighted by molar-refractivity contribution is 6.31. The summed E-state index contributed by atoms with van der Waals surface area (Å²) in [6, 6.07) is 6.73. The maximum Gasteiger partial charge on any atom is 0.417 e. The van der Waals surface area contributed by atoms with Gasteiger partial charge in [-0.15, -0.1) is 0 Å². The van der Waals surface area contributed by atoms with E-state index in [1.165, 1.54) is 18.3 Å². The van der Waals surface area contributed by atoms with Gasteiger partial charge in [0.1, 0.15) is 0 Å². The number of benzene rings is 1. The lowest BCUT2D eigenvalue weighted by Gasteiger charge is -2.12. The molecule has 2 rings (SSSR count). The first-order valence-electron chi connectivity index (χ1n) is 5.22. The van der Waals surface area contributed by atoms with Crippen molar-refractivity contribution < 1.29 is 13.2 Å². The summed E-state index contributed by atoms with van der Waals surface area (Å²) in [4.78, 5) is 3.94. The fraction of sp³-hybridized carbons (Fsp3) is 0.0833. The van der Waals surface area contributed by atoms with Gasteiger partial charge in [0.2, 0.25) is 0 Å². The molecule has 2 aromatic rings. The van der Waals surface area contributed by atoms with Gasteiger partial charge in [-0.3, -0.25) is 0 Å². The summed E-state index contributed by atoms with van der Waals surface area (Å²) in [6.07, 6.45) is -3.02. The van der Waals surface area contributed by atoms with E-state index >= 15 is 0 Å². The first-order valence-corrected chi connectivity index (χ1v) is 5.60. The molecule has 0 unspecified atom stereocenters. The lowest BCUT2D eigenvalue weighted by atomic mass is 10.2. The van der Waals surface area contributed by atoms with Gasteiger partial charge in [-0.2, -0.15) is 13.2 Å². The second kappa shape index (κ2) is 4.97. The Morgan fingerprint density at radius 2 is 1.95 bits per heavy atom. The highest BCUT2D eigenvalue weighted by Crippen LogP contribution is 2.36. The number of anilines is 3. The zero-order chi connectivity index (χ0) is 14.0. The van der Waals surface area contributed by atoms with Crippen molar-refractivity contribution in [2.45, 2.75) is 6.18 Å². The molecule has 100 valence electrons. The molecular weight excluding hydrogens is 279 g/mol. The van der Waals surface area contributed by atoms with Crippen LogP contribution in [0.1, 0.15) is 5.56 Å². The Labute approximate surface area is 112 Å². The minimum Gasteiger partial charge on any atom is -0.396 e. The van der Waals surface area contributed by atoms with Crippen LogP contribution >= 0.6 is 11.6 Å². The molecule has 0 aliphatic heterocycles. The van der Waals surface area contributed by atoms with Crippen molar-refractivity contribution in [3.63, 3.8) is 0 Å². The fourth-order valence-corrected chi connectivity index (χ4v) is 1.70. The van der Waals surface area contributed by atoms with Crippen molar-refractivity contribution in [3.05, 3.63) is 47.1 Å². The van der Waals surface area contributed by atoms with Gasteiger partial charge in [0.05, 0.1) is 16.3 Å². The lowest BCUT2D eigenvalue weighted by molar-refractivity contribution is -0.137. The predicted molar refractivity (Wildman–Crippen MR) is 68.4 cm³/mol. The number of nitrogen functional groups attached to an aromatic ring is 1. The van der Waals surface area contributed by atoms with Gasteiger partial charge in [-0.1, -0.05) is 11.6 Å². The third-order valence-electron chi connectivity index (χ3n) is 2.37. The summed E-state index contributed by atoms with van der Waals surface area (Å²) in [5, 5.41) is 2.36. The van der Waals surface area contributed by atoms with E-state index in [4.69, 9.17) is 17.3 Å². The molecule has 1 heterocycles. The highest BCUT2D eigenvalue weighted by Gasteiger charge is 2.33. The van der Waals surface area contributed by atoms with E-state index in [1.807, 2.05) is 0 Å². The van der Waals surface area contributed by atoms with Crippen molar-refractivity contribution in [3.8, 4) is 0 Å². The van der Waals surface area contributed by atoms with Gasteiger partial charge in [0, 0.05) is 11.9 Å². The zero-order valence-corrected chi connectivity index (χ0v) is 10.3. The molecule has 0 aliphatic carbocycles. The maximum atomic E-state index is 12.7. The third-order valence-corrected chi connectivity index (χ3v) is 2.70. The van der Waals surface area contributed by atoms with E-state index in [-0.39, 0.29) is 16.5 Å². The monoisotopic (exact) mass is 287 g/mol. The van der Waals surface area contributed by atoms with Crippen molar-refractivity contribution >= 4 is 28.8 Å². The molecule has 1 aromatic heterocycles. The zero-order valence-electron chi connectivity index (χ0n) is 9.50. The second-order valence-electron chi connectivity index (χ2n) is 3.76. The van der Waals surface area contributed by atoms with Crippen LogP contribution in [0, 0.1) is 0 Å². The van der Waals surface area contributed by atoms with E-state index in [2.05, 4.69) is 10.3 Å². The largest absolute Gasteiger partial charge is 0.417 e. The van der Waals surface area contributed by atoms with Gasteiger partial charge in [0.25, 0.3) is 0 Å². The third kappa shape index (κ3) is 3.08. The van der Waals surface area contributed by atoms with Crippen LogP contribution in [0.25, 0.3) is 0 Å². The molecule has 7 heteroatoms. The van der Waals surface area contributed by atoms with Gasteiger partial charge in [-0.25, -0.2) is 4.98 Å². The molecule has 0 amide bonds. The summed E-state index contributed by atoms with van der Waals surface area (Å²) in [6.45, 7) is 0. The normalized spacial score (nSPS) is 11.4. The van der Waals surface area contributed by atoms with Crippen molar-refractivity contribution in [1.82, 2.24) is 4.98 Å². The number of hydrogen-bond donors (Lipinski definition) is 2. The Balaban J connectivity index is 2.35. The molecule has 0 radical (unpaired) electrons. The number of nitrogens with two attached hydrogens (primary N) is 1. The molecule has 0 aliphatic rings. The smallest absolute Gasteiger partial charge is 0.396 e. The van der Waals surface area contributed by atoms with Crippen LogP contribution in [0.15, 0.2) is 36.5 Å². The topological polar surface area (TPSA) is 50.9 Å². The number of rotatable bonds is 2. The number of alkyl halides is 3. The standard InChI is InChI=1S/C12H9ClF3N3/c13-9-4-3-7(6-8(9)12(14,15)16)19-11-10(17)2-1-5-18-11/h1-6H,17H2,(H,18,19). The van der Waals surface area contributed by atoms with Crippen LogP contribution in [0.2, 0.25) is 5.02 Å². The van der Waals surface area contributed by atoms with Crippen LogP contribution in [0.4, 0.5) is 30.4 Å². The van der Waals surface area contributed by atoms with Gasteiger partial charge in [0.15, 0.2) is 5.82 Å². The van der Waals surface area contributed by atoms with Crippen molar-refractivity contribution in [2.24, 2.45) is 0 Å². The summed E-state index contributed by atoms with van der Waals surface area (Å²) >= 11 is 5.53. The molecule has 0 spiro atoms. The van der Waals surface area contributed by atoms with Gasteiger partial charge in [-0.05, 0) is 30.3 Å². The maximum absolute atomic E-state index is 12.7. The Kier molecular flexibility index (Phi) is 3.53. The lowest BCUT2D eigenvalue weighted by Crippen LogP contribution is -2.07. The minimum atomic E-state index is -4.51. The second-order valence-corrected chi connectivity index (χ2v) is 4.17. The molecule has 19 heavy (non-hydrogen) atoms. The van der Waals surface area contributed by atoms with E-state index in [1.54, 1.807) is 12.1 Å². The summed E-state index contributed by atoms with van der Waals surface area (Å²) in [5.41, 5.74) is 5.29. The van der Waals surface area contributed by atoms with Crippen LogP contribution in [0.3, 0.4) is 0 Å². The Morgan fingerprint density at radius 3 is 2.58 bits per heavy atom. The van der Waals surface area contributed by atoms with Crippen LogP contribution < -0.4 is 11.1 Å². The summed E-state index contributed by atoms with van der Waals surface area (Å²) < 4.78 is 38.1. The Bertz CT molecular complexity index is 599. The first kappa shape index (κ1) is 13.5. The average molecular weight is 288 g/mol. The van der Waals surface area contributed by atoms with Crippen LogP contribution in [0.5, 0.6) is 0 Å². The molecule has 0 atom stereocenters. The molecule has 3 N–H and O–H groups in total. The molecule has 0 saturated heterocycles. The number of halogens is 4. The number of hydrogen-bond acceptors (Lipinski definition) is 3. The van der Waals surface area contributed by atoms with Crippen molar-refractivity contribution in [1.29, 1.82) is 0 Å². The summed E-state index contributed by atoms with van der Waals surface area (Å²) in [5.74, 6) is 0.290. The first-order chi connectivity index (χ1) is 8.88. The fourth-order valence-electron chi connectivity index (χ4n) is 1.48.